The average Bonchev–Trinajstić information content (AvgIpc) is 3.10. The van der Waals surface area contributed by atoms with Gasteiger partial charge in [0.2, 0.25) is 0 Å². The van der Waals surface area contributed by atoms with E-state index in [1.165, 1.54) is 27.2 Å². The SMILES string of the molecule is COCCN1C(=O)N(Cc2ccccc2)C2(CCN(Cc3cccc(-c4ccccc4C)c3)CC2)C1=O. The second-order valence-electron chi connectivity index (χ2n) is 10.1. The number of aryl methyl sites for hydroxylation is 1. The van der Waals surface area contributed by atoms with E-state index in [9.17, 15) is 9.59 Å². The number of piperidine rings is 1. The van der Waals surface area contributed by atoms with Gasteiger partial charge in [-0.15, -0.1) is 0 Å². The Bertz CT molecular complexity index is 1250. The molecule has 2 fully saturated rings. The van der Waals surface area contributed by atoms with Crippen LogP contribution in [0.2, 0.25) is 0 Å². The highest BCUT2D eigenvalue weighted by Crippen LogP contribution is 2.39. The predicted molar refractivity (Wildman–Crippen MR) is 145 cm³/mol. The zero-order valence-corrected chi connectivity index (χ0v) is 21.7. The van der Waals surface area contributed by atoms with Crippen LogP contribution in [-0.2, 0) is 22.6 Å². The number of urea groups is 1. The van der Waals surface area contributed by atoms with Gasteiger partial charge in [-0.05, 0) is 53.6 Å². The van der Waals surface area contributed by atoms with Crippen LogP contribution in [0.5, 0.6) is 0 Å². The van der Waals surface area contributed by atoms with E-state index in [0.29, 0.717) is 26.0 Å². The van der Waals surface area contributed by atoms with Gasteiger partial charge in [-0.1, -0.05) is 72.8 Å². The molecule has 2 saturated heterocycles. The molecule has 192 valence electrons. The van der Waals surface area contributed by atoms with E-state index in [4.69, 9.17) is 4.74 Å². The molecule has 6 heteroatoms. The number of benzene rings is 3. The molecule has 0 unspecified atom stereocenters. The summed E-state index contributed by atoms with van der Waals surface area (Å²) >= 11 is 0. The zero-order valence-electron chi connectivity index (χ0n) is 21.7. The van der Waals surface area contributed by atoms with E-state index in [1.807, 2.05) is 35.2 Å². The van der Waals surface area contributed by atoms with Gasteiger partial charge < -0.3 is 9.64 Å². The van der Waals surface area contributed by atoms with Crippen LogP contribution in [0.25, 0.3) is 11.1 Å². The molecular weight excluding hydrogens is 462 g/mol. The van der Waals surface area contributed by atoms with Crippen LogP contribution in [0.4, 0.5) is 4.79 Å². The standard InChI is InChI=1S/C31H35N3O3/c1-24-9-6-7-14-28(24)27-13-8-12-26(21-27)22-32-17-15-31(16-18-32)29(35)33(19-20-37-2)30(36)34(31)23-25-10-4-3-5-11-25/h3-14,21H,15-20,22-23H2,1-2H3. The lowest BCUT2D eigenvalue weighted by Crippen LogP contribution is -2.56. The van der Waals surface area contributed by atoms with Crippen molar-refractivity contribution in [1.29, 1.82) is 0 Å². The minimum absolute atomic E-state index is 0.0771. The molecule has 0 saturated carbocycles. The second-order valence-corrected chi connectivity index (χ2v) is 10.1. The number of rotatable bonds is 8. The first-order valence-corrected chi connectivity index (χ1v) is 13.1. The number of carbonyl (C=O) groups excluding carboxylic acids is 2. The number of amides is 3. The summed E-state index contributed by atoms with van der Waals surface area (Å²) in [7, 11) is 1.59. The zero-order chi connectivity index (χ0) is 25.8. The molecule has 3 amide bonds. The molecule has 0 aliphatic carbocycles. The lowest BCUT2D eigenvalue weighted by molar-refractivity contribution is -0.136. The second kappa shape index (κ2) is 10.9. The van der Waals surface area contributed by atoms with Gasteiger partial charge in [-0.25, -0.2) is 4.79 Å². The highest BCUT2D eigenvalue weighted by atomic mass is 16.5. The molecule has 37 heavy (non-hydrogen) atoms. The fourth-order valence-corrected chi connectivity index (χ4v) is 5.70. The summed E-state index contributed by atoms with van der Waals surface area (Å²) in [5.41, 5.74) is 5.24. The van der Waals surface area contributed by atoms with Crippen LogP contribution in [-0.4, -0.2) is 65.5 Å². The Morgan fingerprint density at radius 3 is 2.27 bits per heavy atom. The van der Waals surface area contributed by atoms with Gasteiger partial charge >= 0.3 is 6.03 Å². The molecule has 6 nitrogen and oxygen atoms in total. The molecule has 3 aromatic carbocycles. The van der Waals surface area contributed by atoms with Crippen molar-refractivity contribution in [2.45, 2.75) is 38.4 Å². The van der Waals surface area contributed by atoms with E-state index < -0.39 is 5.54 Å². The molecule has 0 aromatic heterocycles. The topological polar surface area (TPSA) is 53.1 Å². The Hall–Kier alpha value is -3.48. The molecule has 2 aliphatic rings. The number of ether oxygens (including phenoxy) is 1. The Balaban J connectivity index is 1.32. The van der Waals surface area contributed by atoms with Crippen molar-refractivity contribution < 1.29 is 14.3 Å². The summed E-state index contributed by atoms with van der Waals surface area (Å²) in [5.74, 6) is -0.0771. The third kappa shape index (κ3) is 5.04. The summed E-state index contributed by atoms with van der Waals surface area (Å²) in [6, 6.07) is 26.9. The van der Waals surface area contributed by atoms with Gasteiger partial charge in [0.1, 0.15) is 5.54 Å². The molecule has 3 aromatic rings. The Labute approximate surface area is 219 Å². The first-order valence-electron chi connectivity index (χ1n) is 13.1. The molecule has 2 aliphatic heterocycles. The van der Waals surface area contributed by atoms with E-state index in [-0.39, 0.29) is 18.5 Å². The quantitative estimate of drug-likeness (QED) is 0.406. The van der Waals surface area contributed by atoms with E-state index >= 15 is 0 Å². The number of hydrogen-bond acceptors (Lipinski definition) is 4. The van der Waals surface area contributed by atoms with Crippen LogP contribution in [0.15, 0.2) is 78.9 Å². The maximum absolute atomic E-state index is 13.7. The van der Waals surface area contributed by atoms with Crippen molar-refractivity contribution in [2.75, 3.05) is 33.4 Å². The highest BCUT2D eigenvalue weighted by Gasteiger charge is 2.57. The number of likely N-dealkylation sites (tertiary alicyclic amines) is 1. The first kappa shape index (κ1) is 25.2. The lowest BCUT2D eigenvalue weighted by atomic mass is 9.85. The third-order valence-electron chi connectivity index (χ3n) is 7.80. The Morgan fingerprint density at radius 1 is 0.838 bits per heavy atom. The van der Waals surface area contributed by atoms with Gasteiger partial charge in [0.25, 0.3) is 5.91 Å². The minimum Gasteiger partial charge on any atom is -0.383 e. The molecule has 2 heterocycles. The van der Waals surface area contributed by atoms with E-state index in [2.05, 4.69) is 60.4 Å². The molecule has 0 atom stereocenters. The monoisotopic (exact) mass is 497 g/mol. The third-order valence-corrected chi connectivity index (χ3v) is 7.80. The van der Waals surface area contributed by atoms with Gasteiger partial charge in [0.05, 0.1) is 13.2 Å². The van der Waals surface area contributed by atoms with Crippen molar-refractivity contribution in [1.82, 2.24) is 14.7 Å². The largest absolute Gasteiger partial charge is 0.383 e. The normalized spacial score (nSPS) is 17.7. The summed E-state index contributed by atoms with van der Waals surface area (Å²) in [6.45, 7) is 5.56. The fraction of sp³-hybridized carbons (Fsp3) is 0.355. The number of hydrogen-bond donors (Lipinski definition) is 0. The minimum atomic E-state index is -0.792. The Morgan fingerprint density at radius 2 is 1.54 bits per heavy atom. The van der Waals surface area contributed by atoms with Crippen LogP contribution in [0, 0.1) is 6.92 Å². The van der Waals surface area contributed by atoms with Crippen molar-refractivity contribution >= 4 is 11.9 Å². The maximum Gasteiger partial charge on any atom is 0.328 e. The lowest BCUT2D eigenvalue weighted by Gasteiger charge is -2.42. The smallest absolute Gasteiger partial charge is 0.328 e. The fourth-order valence-electron chi connectivity index (χ4n) is 5.70. The Kier molecular flexibility index (Phi) is 7.40. The van der Waals surface area contributed by atoms with Crippen LogP contribution >= 0.6 is 0 Å². The van der Waals surface area contributed by atoms with Crippen LogP contribution < -0.4 is 0 Å². The maximum atomic E-state index is 13.7. The number of imide groups is 1. The van der Waals surface area contributed by atoms with Gasteiger partial charge in [0, 0.05) is 33.3 Å². The van der Waals surface area contributed by atoms with Gasteiger partial charge in [-0.3, -0.25) is 14.6 Å². The molecule has 0 N–H and O–H groups in total. The molecular formula is C31H35N3O3. The van der Waals surface area contributed by atoms with Crippen molar-refractivity contribution in [3.05, 3.63) is 95.6 Å². The molecule has 5 rings (SSSR count). The summed E-state index contributed by atoms with van der Waals surface area (Å²) in [5, 5.41) is 0. The number of methoxy groups -OCH3 is 1. The van der Waals surface area contributed by atoms with Crippen molar-refractivity contribution in [3.63, 3.8) is 0 Å². The van der Waals surface area contributed by atoms with E-state index in [0.717, 1.165) is 25.2 Å². The number of nitrogens with zero attached hydrogens (tertiary/aromatic N) is 3. The number of carbonyl (C=O) groups is 2. The first-order chi connectivity index (χ1) is 18.0. The molecule has 0 radical (unpaired) electrons. The molecule has 0 bridgehead atoms. The van der Waals surface area contributed by atoms with Crippen molar-refractivity contribution in [3.8, 4) is 11.1 Å². The van der Waals surface area contributed by atoms with E-state index in [1.54, 1.807) is 7.11 Å². The van der Waals surface area contributed by atoms with Gasteiger partial charge in [0.15, 0.2) is 0 Å². The van der Waals surface area contributed by atoms with Crippen LogP contribution in [0.3, 0.4) is 0 Å². The predicted octanol–water partition coefficient (Wildman–Crippen LogP) is 5.11. The summed E-state index contributed by atoms with van der Waals surface area (Å²) < 4.78 is 5.19. The average molecular weight is 498 g/mol. The summed E-state index contributed by atoms with van der Waals surface area (Å²) in [6.07, 6.45) is 1.26. The van der Waals surface area contributed by atoms with Crippen LogP contribution in [0.1, 0.15) is 29.5 Å². The van der Waals surface area contributed by atoms with Gasteiger partial charge in [-0.2, -0.15) is 0 Å². The molecule has 1 spiro atoms. The highest BCUT2D eigenvalue weighted by molar-refractivity contribution is 6.07. The summed E-state index contributed by atoms with van der Waals surface area (Å²) in [4.78, 5) is 32.7. The van der Waals surface area contributed by atoms with Crippen molar-refractivity contribution in [2.24, 2.45) is 0 Å².